The van der Waals surface area contributed by atoms with Gasteiger partial charge in [-0.2, -0.15) is 0 Å². The molecule has 1 unspecified atom stereocenters. The molecule has 1 atom stereocenters. The van der Waals surface area contributed by atoms with Gasteiger partial charge in [-0.05, 0) is 26.0 Å². The summed E-state index contributed by atoms with van der Waals surface area (Å²) in [5.41, 5.74) is 0. The minimum Gasteiger partial charge on any atom is -0.463 e. The fraction of sp³-hybridized carbons (Fsp3) is 0.538. The van der Waals surface area contributed by atoms with E-state index in [2.05, 4.69) is 6.92 Å². The zero-order valence-electron chi connectivity index (χ0n) is 9.99. The molecule has 1 aromatic rings. The first-order valence-corrected chi connectivity index (χ1v) is 5.47. The van der Waals surface area contributed by atoms with Crippen LogP contribution in [0, 0.1) is 0 Å². The second kappa shape index (κ2) is 5.17. The summed E-state index contributed by atoms with van der Waals surface area (Å²) in [5.74, 6) is 0.317. The largest absolute Gasteiger partial charge is 0.463 e. The first-order chi connectivity index (χ1) is 7.06. The molecule has 0 bridgehead atoms. The van der Waals surface area contributed by atoms with Gasteiger partial charge in [-0.3, -0.25) is 0 Å². The van der Waals surface area contributed by atoms with E-state index in [4.69, 9.17) is 9.47 Å². The third kappa shape index (κ3) is 3.92. The van der Waals surface area contributed by atoms with Crippen molar-refractivity contribution in [2.45, 2.75) is 46.0 Å². The molecule has 15 heavy (non-hydrogen) atoms. The fourth-order valence-corrected chi connectivity index (χ4v) is 1.42. The molecule has 0 spiro atoms. The zero-order chi connectivity index (χ0) is 11.3. The van der Waals surface area contributed by atoms with E-state index in [-0.39, 0.29) is 6.10 Å². The van der Waals surface area contributed by atoms with Crippen molar-refractivity contribution in [1.29, 1.82) is 0 Å². The summed E-state index contributed by atoms with van der Waals surface area (Å²) in [7, 11) is 0. The number of hydrogen-bond acceptors (Lipinski definition) is 2. The Morgan fingerprint density at radius 3 is 2.27 bits per heavy atom. The molecular weight excluding hydrogens is 188 g/mol. The predicted molar refractivity (Wildman–Crippen MR) is 62.0 cm³/mol. The SMILES string of the molecule is CCC(C)(Oc1ccccc1)OC(C)C. The minimum atomic E-state index is -0.532. The Morgan fingerprint density at radius 2 is 1.80 bits per heavy atom. The van der Waals surface area contributed by atoms with E-state index in [0.717, 1.165) is 12.2 Å². The van der Waals surface area contributed by atoms with Crippen molar-refractivity contribution in [1.82, 2.24) is 0 Å². The van der Waals surface area contributed by atoms with E-state index in [1.807, 2.05) is 51.1 Å². The van der Waals surface area contributed by atoms with E-state index in [0.29, 0.717) is 0 Å². The zero-order valence-corrected chi connectivity index (χ0v) is 9.99. The smallest absolute Gasteiger partial charge is 0.207 e. The Balaban J connectivity index is 2.68. The molecule has 0 aromatic heterocycles. The third-order valence-electron chi connectivity index (χ3n) is 2.20. The molecule has 2 nitrogen and oxygen atoms in total. The lowest BCUT2D eigenvalue weighted by molar-refractivity contribution is -0.193. The second-order valence-corrected chi connectivity index (χ2v) is 4.07. The lowest BCUT2D eigenvalue weighted by Gasteiger charge is -2.31. The van der Waals surface area contributed by atoms with Crippen LogP contribution in [-0.2, 0) is 4.74 Å². The van der Waals surface area contributed by atoms with Crippen molar-refractivity contribution in [2.75, 3.05) is 0 Å². The molecule has 0 N–H and O–H groups in total. The molecular formula is C13H20O2. The van der Waals surface area contributed by atoms with Gasteiger partial charge in [0.1, 0.15) is 5.75 Å². The van der Waals surface area contributed by atoms with Crippen LogP contribution < -0.4 is 4.74 Å². The molecule has 0 amide bonds. The average Bonchev–Trinajstić information content (AvgIpc) is 2.18. The summed E-state index contributed by atoms with van der Waals surface area (Å²) in [6.45, 7) is 8.07. The lowest BCUT2D eigenvalue weighted by atomic mass is 10.2. The average molecular weight is 208 g/mol. The maximum atomic E-state index is 5.84. The van der Waals surface area contributed by atoms with E-state index in [1.54, 1.807) is 0 Å². The fourth-order valence-electron chi connectivity index (χ4n) is 1.42. The van der Waals surface area contributed by atoms with Crippen molar-refractivity contribution in [3.05, 3.63) is 30.3 Å². The Morgan fingerprint density at radius 1 is 1.20 bits per heavy atom. The topological polar surface area (TPSA) is 18.5 Å². The van der Waals surface area contributed by atoms with Crippen molar-refractivity contribution in [3.63, 3.8) is 0 Å². The highest BCUT2D eigenvalue weighted by molar-refractivity contribution is 5.21. The number of benzene rings is 1. The van der Waals surface area contributed by atoms with Crippen LogP contribution in [0.5, 0.6) is 5.75 Å². The summed E-state index contributed by atoms with van der Waals surface area (Å²) < 4.78 is 11.6. The number of rotatable bonds is 5. The van der Waals surface area contributed by atoms with E-state index < -0.39 is 5.79 Å². The van der Waals surface area contributed by atoms with Crippen molar-refractivity contribution in [2.24, 2.45) is 0 Å². The van der Waals surface area contributed by atoms with E-state index in [1.165, 1.54) is 0 Å². The van der Waals surface area contributed by atoms with Gasteiger partial charge in [0.15, 0.2) is 0 Å². The van der Waals surface area contributed by atoms with E-state index in [9.17, 15) is 0 Å². The highest BCUT2D eigenvalue weighted by Gasteiger charge is 2.26. The monoisotopic (exact) mass is 208 g/mol. The van der Waals surface area contributed by atoms with Crippen LogP contribution in [-0.4, -0.2) is 11.9 Å². The van der Waals surface area contributed by atoms with Gasteiger partial charge in [0.25, 0.3) is 0 Å². The van der Waals surface area contributed by atoms with Crippen molar-refractivity contribution in [3.8, 4) is 5.75 Å². The lowest BCUT2D eigenvalue weighted by Crippen LogP contribution is -2.37. The quantitative estimate of drug-likeness (QED) is 0.688. The molecule has 0 aliphatic heterocycles. The van der Waals surface area contributed by atoms with Crippen LogP contribution in [0.4, 0.5) is 0 Å². The highest BCUT2D eigenvalue weighted by atomic mass is 16.7. The van der Waals surface area contributed by atoms with Gasteiger partial charge in [-0.25, -0.2) is 0 Å². The normalized spacial score (nSPS) is 15.0. The van der Waals surface area contributed by atoms with Gasteiger partial charge in [0.2, 0.25) is 5.79 Å². The van der Waals surface area contributed by atoms with Crippen LogP contribution in [0.2, 0.25) is 0 Å². The molecule has 2 heteroatoms. The summed E-state index contributed by atoms with van der Waals surface area (Å²) in [6.07, 6.45) is 0.985. The third-order valence-corrected chi connectivity index (χ3v) is 2.20. The molecule has 84 valence electrons. The van der Waals surface area contributed by atoms with Gasteiger partial charge in [-0.15, -0.1) is 0 Å². The predicted octanol–water partition coefficient (Wildman–Crippen LogP) is 3.62. The summed E-state index contributed by atoms with van der Waals surface area (Å²) in [5, 5.41) is 0. The Hall–Kier alpha value is -1.02. The Kier molecular flexibility index (Phi) is 4.15. The maximum Gasteiger partial charge on any atom is 0.207 e. The van der Waals surface area contributed by atoms with Gasteiger partial charge in [-0.1, -0.05) is 25.1 Å². The summed E-state index contributed by atoms with van der Waals surface area (Å²) in [4.78, 5) is 0. The van der Waals surface area contributed by atoms with Crippen LogP contribution in [0.1, 0.15) is 34.1 Å². The minimum absolute atomic E-state index is 0.165. The number of ether oxygens (including phenoxy) is 2. The highest BCUT2D eigenvalue weighted by Crippen LogP contribution is 2.23. The molecule has 0 aliphatic carbocycles. The molecule has 0 heterocycles. The molecule has 0 fully saturated rings. The summed E-state index contributed by atoms with van der Waals surface area (Å²) in [6, 6.07) is 9.77. The number of hydrogen-bond donors (Lipinski definition) is 0. The van der Waals surface area contributed by atoms with Crippen molar-refractivity contribution >= 4 is 0 Å². The van der Waals surface area contributed by atoms with Crippen LogP contribution >= 0.6 is 0 Å². The molecule has 0 radical (unpaired) electrons. The second-order valence-electron chi connectivity index (χ2n) is 4.07. The van der Waals surface area contributed by atoms with Crippen molar-refractivity contribution < 1.29 is 9.47 Å². The molecule has 1 rings (SSSR count). The maximum absolute atomic E-state index is 5.84. The number of para-hydroxylation sites is 1. The molecule has 0 saturated heterocycles. The van der Waals surface area contributed by atoms with Crippen LogP contribution in [0.25, 0.3) is 0 Å². The first-order valence-electron chi connectivity index (χ1n) is 5.47. The van der Waals surface area contributed by atoms with Gasteiger partial charge in [0, 0.05) is 13.3 Å². The Labute approximate surface area is 92.2 Å². The molecule has 0 saturated carbocycles. The molecule has 1 aromatic carbocycles. The summed E-state index contributed by atoms with van der Waals surface area (Å²) >= 11 is 0. The van der Waals surface area contributed by atoms with Gasteiger partial charge in [0.05, 0.1) is 6.10 Å². The van der Waals surface area contributed by atoms with Crippen LogP contribution in [0.3, 0.4) is 0 Å². The first kappa shape index (κ1) is 12.1. The molecule has 0 aliphatic rings. The van der Waals surface area contributed by atoms with Crippen LogP contribution in [0.15, 0.2) is 30.3 Å². The van der Waals surface area contributed by atoms with E-state index >= 15 is 0 Å². The standard InChI is InChI=1S/C13H20O2/c1-5-13(4,14-11(2)3)15-12-9-7-6-8-10-12/h6-11H,5H2,1-4H3. The van der Waals surface area contributed by atoms with Gasteiger partial charge < -0.3 is 9.47 Å². The van der Waals surface area contributed by atoms with Gasteiger partial charge >= 0.3 is 0 Å². The Bertz CT molecular complexity index is 282.